The topological polar surface area (TPSA) is 86.8 Å². The van der Waals surface area contributed by atoms with Crippen molar-refractivity contribution in [1.29, 1.82) is 0 Å². The van der Waals surface area contributed by atoms with Gasteiger partial charge in [-0.2, -0.15) is 0 Å². The zero-order valence-corrected chi connectivity index (χ0v) is 24.8. The first-order valence-corrected chi connectivity index (χ1v) is 15.2. The molecule has 0 aliphatic rings. The Morgan fingerprint density at radius 1 is 1.00 bits per heavy atom. The van der Waals surface area contributed by atoms with Gasteiger partial charge in [0.05, 0.1) is 11.9 Å². The summed E-state index contributed by atoms with van der Waals surface area (Å²) in [6, 6.07) is 19.9. The van der Waals surface area contributed by atoms with Crippen molar-refractivity contribution in [1.82, 2.24) is 10.2 Å². The lowest BCUT2D eigenvalue weighted by atomic mass is 10.0. The molecule has 0 saturated carbocycles. The molecule has 11 heteroatoms. The van der Waals surface area contributed by atoms with Crippen LogP contribution >= 0.6 is 39.1 Å². The highest BCUT2D eigenvalue weighted by Gasteiger charge is 2.33. The van der Waals surface area contributed by atoms with Gasteiger partial charge in [0, 0.05) is 34.0 Å². The van der Waals surface area contributed by atoms with Crippen molar-refractivity contribution in [2.45, 2.75) is 25.9 Å². The SMILES string of the molecule is CCNC(=O)C(Cc1ccccc1)N(Cc1ccc(Cl)cc1Cl)C(=O)CN(c1ccc(Br)cc1)S(C)(=O)=O. The van der Waals surface area contributed by atoms with Crippen LogP contribution in [-0.2, 0) is 32.6 Å². The first kappa shape index (κ1) is 30.0. The second-order valence-electron chi connectivity index (χ2n) is 8.60. The van der Waals surface area contributed by atoms with E-state index in [-0.39, 0.29) is 18.9 Å². The molecule has 0 radical (unpaired) electrons. The van der Waals surface area contributed by atoms with E-state index in [1.54, 1.807) is 49.4 Å². The quantitative estimate of drug-likeness (QED) is 0.308. The molecule has 0 aliphatic carbocycles. The highest BCUT2D eigenvalue weighted by molar-refractivity contribution is 9.10. The highest BCUT2D eigenvalue weighted by atomic mass is 79.9. The maximum Gasteiger partial charge on any atom is 0.244 e. The van der Waals surface area contributed by atoms with Gasteiger partial charge in [-0.25, -0.2) is 8.42 Å². The molecule has 3 rings (SSSR count). The number of carbonyl (C=O) groups excluding carboxylic acids is 2. The highest BCUT2D eigenvalue weighted by Crippen LogP contribution is 2.26. The maximum atomic E-state index is 13.9. The van der Waals surface area contributed by atoms with E-state index >= 15 is 0 Å². The van der Waals surface area contributed by atoms with Crippen molar-refractivity contribution in [2.75, 3.05) is 23.7 Å². The minimum absolute atomic E-state index is 0.0264. The van der Waals surface area contributed by atoms with E-state index in [2.05, 4.69) is 21.2 Å². The lowest BCUT2D eigenvalue weighted by molar-refractivity contribution is -0.140. The third kappa shape index (κ3) is 8.20. The van der Waals surface area contributed by atoms with Crippen molar-refractivity contribution in [3.8, 4) is 0 Å². The van der Waals surface area contributed by atoms with E-state index in [1.165, 1.54) is 4.90 Å². The molecule has 0 aromatic heterocycles. The Labute approximate surface area is 241 Å². The number of nitrogens with zero attached hydrogens (tertiary/aromatic N) is 2. The molecule has 0 spiro atoms. The van der Waals surface area contributed by atoms with Crippen molar-refractivity contribution >= 4 is 66.7 Å². The Hall–Kier alpha value is -2.59. The monoisotopic (exact) mass is 639 g/mol. The second kappa shape index (κ2) is 13.5. The number of sulfonamides is 1. The standard InChI is InChI=1S/C27H28BrCl2N3O4S/c1-3-31-27(35)25(15-19-7-5-4-6-8-19)32(17-20-9-12-22(29)16-24(20)30)26(34)18-33(38(2,36)37)23-13-10-21(28)11-14-23/h4-14,16,25H,3,15,17-18H2,1-2H3,(H,31,35). The number of benzene rings is 3. The lowest BCUT2D eigenvalue weighted by Crippen LogP contribution is -2.53. The fourth-order valence-corrected chi connectivity index (χ4v) is 5.48. The summed E-state index contributed by atoms with van der Waals surface area (Å²) < 4.78 is 27.3. The van der Waals surface area contributed by atoms with Crippen LogP contribution in [0.3, 0.4) is 0 Å². The maximum absolute atomic E-state index is 13.9. The molecule has 1 unspecified atom stereocenters. The number of anilines is 1. The molecule has 3 aromatic rings. The molecule has 1 atom stereocenters. The third-order valence-electron chi connectivity index (χ3n) is 5.77. The summed E-state index contributed by atoms with van der Waals surface area (Å²) in [5, 5.41) is 3.57. The van der Waals surface area contributed by atoms with Gasteiger partial charge < -0.3 is 10.2 Å². The number of rotatable bonds is 11. The minimum Gasteiger partial charge on any atom is -0.355 e. The molecule has 0 heterocycles. The molecule has 202 valence electrons. The van der Waals surface area contributed by atoms with E-state index in [0.717, 1.165) is 20.6 Å². The van der Waals surface area contributed by atoms with E-state index < -0.39 is 28.5 Å². The number of hydrogen-bond donors (Lipinski definition) is 1. The number of halogens is 3. The van der Waals surface area contributed by atoms with Gasteiger partial charge in [0.1, 0.15) is 12.6 Å². The molecule has 0 fully saturated rings. The molecule has 2 amide bonds. The van der Waals surface area contributed by atoms with Crippen LogP contribution in [0.4, 0.5) is 5.69 Å². The number of hydrogen-bond acceptors (Lipinski definition) is 4. The normalized spacial score (nSPS) is 12.0. The summed E-state index contributed by atoms with van der Waals surface area (Å²) in [5.41, 5.74) is 1.74. The van der Waals surface area contributed by atoms with Crippen LogP contribution in [0.2, 0.25) is 10.0 Å². The number of amides is 2. The average molecular weight is 641 g/mol. The predicted octanol–water partition coefficient (Wildman–Crippen LogP) is 5.30. The van der Waals surface area contributed by atoms with Gasteiger partial charge in [0.15, 0.2) is 0 Å². The van der Waals surface area contributed by atoms with Crippen LogP contribution in [0.1, 0.15) is 18.1 Å². The Morgan fingerprint density at radius 3 is 2.24 bits per heavy atom. The van der Waals surface area contributed by atoms with Gasteiger partial charge in [0.25, 0.3) is 0 Å². The van der Waals surface area contributed by atoms with Gasteiger partial charge in [0.2, 0.25) is 21.8 Å². The largest absolute Gasteiger partial charge is 0.355 e. The van der Waals surface area contributed by atoms with Crippen molar-refractivity contribution < 1.29 is 18.0 Å². The fraction of sp³-hybridized carbons (Fsp3) is 0.259. The van der Waals surface area contributed by atoms with Crippen LogP contribution in [0.15, 0.2) is 77.3 Å². The zero-order valence-electron chi connectivity index (χ0n) is 20.9. The minimum atomic E-state index is -3.83. The van der Waals surface area contributed by atoms with Gasteiger partial charge in [-0.3, -0.25) is 13.9 Å². The molecular formula is C27H28BrCl2N3O4S. The summed E-state index contributed by atoms with van der Waals surface area (Å²) in [6.45, 7) is 1.62. The first-order chi connectivity index (χ1) is 18.0. The molecule has 0 bridgehead atoms. The summed E-state index contributed by atoms with van der Waals surface area (Å²) in [5.74, 6) is -0.916. The van der Waals surface area contributed by atoms with E-state index in [1.807, 2.05) is 30.3 Å². The van der Waals surface area contributed by atoms with Crippen molar-refractivity contribution in [3.05, 3.63) is 98.4 Å². The van der Waals surface area contributed by atoms with Crippen LogP contribution in [0.5, 0.6) is 0 Å². The Bertz CT molecular complexity index is 1370. The molecule has 38 heavy (non-hydrogen) atoms. The molecule has 1 N–H and O–H groups in total. The Balaban J connectivity index is 2.06. The lowest BCUT2D eigenvalue weighted by Gasteiger charge is -2.33. The number of likely N-dealkylation sites (N-methyl/N-ethyl adjacent to an activating group) is 1. The van der Waals surface area contributed by atoms with E-state index in [9.17, 15) is 18.0 Å². The Kier molecular flexibility index (Phi) is 10.6. The molecule has 0 aliphatic heterocycles. The van der Waals surface area contributed by atoms with Crippen LogP contribution in [0, 0.1) is 0 Å². The molecule has 7 nitrogen and oxygen atoms in total. The molecule has 0 saturated heterocycles. The molecular weight excluding hydrogens is 613 g/mol. The predicted molar refractivity (Wildman–Crippen MR) is 156 cm³/mol. The van der Waals surface area contributed by atoms with Gasteiger partial charge in [-0.05, 0) is 54.4 Å². The summed E-state index contributed by atoms with van der Waals surface area (Å²) in [4.78, 5) is 28.6. The first-order valence-electron chi connectivity index (χ1n) is 11.8. The van der Waals surface area contributed by atoms with Gasteiger partial charge in [-0.1, -0.05) is 75.5 Å². The van der Waals surface area contributed by atoms with Gasteiger partial charge in [-0.15, -0.1) is 0 Å². The average Bonchev–Trinajstić information content (AvgIpc) is 2.86. The van der Waals surface area contributed by atoms with Gasteiger partial charge >= 0.3 is 0 Å². The molecule has 3 aromatic carbocycles. The number of nitrogens with one attached hydrogen (secondary N) is 1. The summed E-state index contributed by atoms with van der Waals surface area (Å²) in [6.07, 6.45) is 1.26. The van der Waals surface area contributed by atoms with Crippen molar-refractivity contribution in [3.63, 3.8) is 0 Å². The second-order valence-corrected chi connectivity index (χ2v) is 12.3. The Morgan fingerprint density at radius 2 is 1.66 bits per heavy atom. The van der Waals surface area contributed by atoms with Crippen molar-refractivity contribution in [2.24, 2.45) is 0 Å². The summed E-state index contributed by atoms with van der Waals surface area (Å²) in [7, 11) is -3.83. The van der Waals surface area contributed by atoms with Crippen LogP contribution in [0.25, 0.3) is 0 Å². The van der Waals surface area contributed by atoms with E-state index in [4.69, 9.17) is 23.2 Å². The zero-order chi connectivity index (χ0) is 27.9. The third-order valence-corrected chi connectivity index (χ3v) is 8.03. The van der Waals surface area contributed by atoms with Crippen LogP contribution in [-0.4, -0.2) is 50.5 Å². The summed E-state index contributed by atoms with van der Waals surface area (Å²) >= 11 is 15.8. The smallest absolute Gasteiger partial charge is 0.244 e. The van der Waals surface area contributed by atoms with E-state index in [0.29, 0.717) is 27.8 Å². The van der Waals surface area contributed by atoms with Crippen LogP contribution < -0.4 is 9.62 Å². The fourth-order valence-electron chi connectivity index (χ4n) is 3.90. The number of carbonyl (C=O) groups is 2.